The van der Waals surface area contributed by atoms with Gasteiger partial charge in [0, 0.05) is 34.4 Å². The highest BCUT2D eigenvalue weighted by Crippen LogP contribution is 2.50. The van der Waals surface area contributed by atoms with Crippen LogP contribution in [0.1, 0.15) is 50.7 Å². The average Bonchev–Trinajstić information content (AvgIpc) is 3.20. The second-order valence-electron chi connectivity index (χ2n) is 13.1. The van der Waals surface area contributed by atoms with E-state index in [4.69, 9.17) is 0 Å². The maximum Gasteiger partial charge on any atom is 0.126 e. The molecule has 0 aliphatic carbocycles. The monoisotopic (exact) mass is 632 g/mol. The lowest BCUT2D eigenvalue weighted by Gasteiger charge is -2.39. The van der Waals surface area contributed by atoms with Crippen molar-refractivity contribution < 1.29 is 22.0 Å². The standard InChI is InChI=1S/C42H38F4N/c1-3-5-15-47(16-6-4-2)25-39-37(29-17-31(43)23-32(44)18-29)21-27-11-7-9-13-35(27)41(39)42-36-14-10-8-12-28(36)22-38(40(42)26-47)30-19-33(45)24-34(46)20-30/h7-14,17-24H,3-6,15-16,25-26H2,1-2H3/q+1. The third-order valence-electron chi connectivity index (χ3n) is 9.87. The summed E-state index contributed by atoms with van der Waals surface area (Å²) in [4.78, 5) is 0. The zero-order valence-electron chi connectivity index (χ0n) is 26.9. The van der Waals surface area contributed by atoms with Gasteiger partial charge in [-0.2, -0.15) is 0 Å². The number of unbranched alkanes of at least 4 members (excludes halogenated alkanes) is 2. The van der Waals surface area contributed by atoms with E-state index in [1.54, 1.807) is 0 Å². The molecule has 0 fully saturated rings. The van der Waals surface area contributed by atoms with Crippen LogP contribution in [0, 0.1) is 23.3 Å². The zero-order valence-corrected chi connectivity index (χ0v) is 26.9. The first kappa shape index (κ1) is 31.1. The van der Waals surface area contributed by atoms with Gasteiger partial charge in [-0.25, -0.2) is 17.6 Å². The predicted molar refractivity (Wildman–Crippen MR) is 185 cm³/mol. The summed E-state index contributed by atoms with van der Waals surface area (Å²) < 4.78 is 60.2. The molecule has 1 nitrogen and oxygen atoms in total. The normalized spacial score (nSPS) is 13.8. The first-order valence-electron chi connectivity index (χ1n) is 16.7. The van der Waals surface area contributed by atoms with Gasteiger partial charge in [-0.1, -0.05) is 75.2 Å². The predicted octanol–water partition coefficient (Wildman–Crippen LogP) is 12.0. The molecular weight excluding hydrogens is 594 g/mol. The van der Waals surface area contributed by atoms with Gasteiger partial charge in [-0.15, -0.1) is 0 Å². The fourth-order valence-corrected chi connectivity index (χ4v) is 7.76. The highest BCUT2D eigenvalue weighted by molar-refractivity contribution is 6.11. The van der Waals surface area contributed by atoms with Crippen molar-refractivity contribution in [3.63, 3.8) is 0 Å². The molecule has 1 aliphatic rings. The van der Waals surface area contributed by atoms with Crippen molar-refractivity contribution in [1.82, 2.24) is 0 Å². The molecule has 0 saturated heterocycles. The lowest BCUT2D eigenvalue weighted by molar-refractivity contribution is -0.953. The van der Waals surface area contributed by atoms with Crippen molar-refractivity contribution in [3.05, 3.63) is 131 Å². The number of benzene rings is 6. The van der Waals surface area contributed by atoms with Crippen LogP contribution in [0.25, 0.3) is 54.9 Å². The van der Waals surface area contributed by atoms with Crippen LogP contribution in [-0.2, 0) is 13.1 Å². The molecule has 0 spiro atoms. The van der Waals surface area contributed by atoms with E-state index in [9.17, 15) is 17.6 Å². The molecule has 0 atom stereocenters. The van der Waals surface area contributed by atoms with Gasteiger partial charge >= 0.3 is 0 Å². The molecule has 0 unspecified atom stereocenters. The summed E-state index contributed by atoms with van der Waals surface area (Å²) in [6, 6.07) is 28.0. The molecule has 0 saturated carbocycles. The van der Waals surface area contributed by atoms with E-state index in [2.05, 4.69) is 38.1 Å². The summed E-state index contributed by atoms with van der Waals surface area (Å²) in [5.74, 6) is -2.46. The quantitative estimate of drug-likeness (QED) is 0.116. The Hall–Kier alpha value is -4.48. The van der Waals surface area contributed by atoms with Crippen molar-refractivity contribution >= 4 is 21.5 Å². The van der Waals surface area contributed by atoms with Crippen LogP contribution in [0.15, 0.2) is 97.1 Å². The summed E-state index contributed by atoms with van der Waals surface area (Å²) in [6.45, 7) is 7.52. The van der Waals surface area contributed by atoms with E-state index in [1.807, 2.05) is 36.4 Å². The average molecular weight is 633 g/mol. The Morgan fingerprint density at radius 1 is 0.511 bits per heavy atom. The number of quaternary nitrogens is 1. The van der Waals surface area contributed by atoms with Crippen LogP contribution in [0.5, 0.6) is 0 Å². The van der Waals surface area contributed by atoms with Crippen molar-refractivity contribution in [1.29, 1.82) is 0 Å². The maximum atomic E-state index is 14.9. The molecule has 0 N–H and O–H groups in total. The van der Waals surface area contributed by atoms with E-state index in [1.165, 1.54) is 24.3 Å². The third kappa shape index (κ3) is 5.82. The molecule has 47 heavy (non-hydrogen) atoms. The van der Waals surface area contributed by atoms with Gasteiger partial charge in [0.2, 0.25) is 0 Å². The lowest BCUT2D eigenvalue weighted by atomic mass is 9.82. The van der Waals surface area contributed by atoms with Gasteiger partial charge in [0.05, 0.1) is 13.1 Å². The Bertz CT molecular complexity index is 1940. The summed E-state index contributed by atoms with van der Waals surface area (Å²) in [5, 5.41) is 4.02. The molecule has 0 amide bonds. The zero-order chi connectivity index (χ0) is 32.7. The smallest absolute Gasteiger partial charge is 0.126 e. The second kappa shape index (κ2) is 12.6. The van der Waals surface area contributed by atoms with E-state index < -0.39 is 23.3 Å². The molecule has 0 aromatic heterocycles. The molecule has 5 heteroatoms. The number of halogens is 4. The minimum atomic E-state index is -0.616. The van der Waals surface area contributed by atoms with Crippen LogP contribution in [-0.4, -0.2) is 17.6 Å². The Balaban J connectivity index is 1.69. The number of fused-ring (bicyclic) bond motifs is 7. The van der Waals surface area contributed by atoms with E-state index in [0.717, 1.165) is 110 Å². The first-order valence-corrected chi connectivity index (χ1v) is 16.7. The maximum absolute atomic E-state index is 14.9. The molecule has 0 bridgehead atoms. The summed E-state index contributed by atoms with van der Waals surface area (Å²) in [6.07, 6.45) is 4.04. The van der Waals surface area contributed by atoms with Gasteiger partial charge in [-0.05, 0) is 93.0 Å². The minimum absolute atomic E-state index is 0.504. The highest BCUT2D eigenvalue weighted by Gasteiger charge is 2.37. The fraction of sp³-hybridized carbons (Fsp3) is 0.238. The topological polar surface area (TPSA) is 0 Å². The Labute approximate surface area is 273 Å². The number of hydrogen-bond acceptors (Lipinski definition) is 0. The van der Waals surface area contributed by atoms with Crippen molar-refractivity contribution in [3.8, 4) is 33.4 Å². The van der Waals surface area contributed by atoms with Crippen LogP contribution in [0.4, 0.5) is 17.6 Å². The highest BCUT2D eigenvalue weighted by atomic mass is 19.1. The lowest BCUT2D eigenvalue weighted by Crippen LogP contribution is -2.47. The molecule has 238 valence electrons. The molecule has 7 rings (SSSR count). The molecule has 6 aromatic rings. The molecule has 0 radical (unpaired) electrons. The summed E-state index contributed by atoms with van der Waals surface area (Å²) in [7, 11) is 0. The summed E-state index contributed by atoms with van der Waals surface area (Å²) >= 11 is 0. The van der Waals surface area contributed by atoms with E-state index in [0.29, 0.717) is 24.2 Å². The van der Waals surface area contributed by atoms with Crippen molar-refractivity contribution in [2.45, 2.75) is 52.6 Å². The van der Waals surface area contributed by atoms with Gasteiger partial charge in [0.15, 0.2) is 0 Å². The van der Waals surface area contributed by atoms with Crippen LogP contribution < -0.4 is 0 Å². The first-order chi connectivity index (χ1) is 22.8. The van der Waals surface area contributed by atoms with Crippen molar-refractivity contribution in [2.24, 2.45) is 0 Å². The SMILES string of the molecule is CCCC[N+]1(CCCC)Cc2c(-c3cc(F)cc(F)c3)cc3ccccc3c2-c2c(c(-c3cc(F)cc(F)c3)cc3ccccc23)C1. The van der Waals surface area contributed by atoms with E-state index >= 15 is 0 Å². The fourth-order valence-electron chi connectivity index (χ4n) is 7.76. The molecular formula is C42H38F4N+. The molecule has 1 heterocycles. The van der Waals surface area contributed by atoms with Crippen LogP contribution in [0.2, 0.25) is 0 Å². The number of nitrogens with zero attached hydrogens (tertiary/aromatic N) is 1. The largest absolute Gasteiger partial charge is 0.316 e. The number of hydrogen-bond donors (Lipinski definition) is 0. The second-order valence-corrected chi connectivity index (χ2v) is 13.1. The van der Waals surface area contributed by atoms with Gasteiger partial charge in [0.1, 0.15) is 36.4 Å². The Morgan fingerprint density at radius 3 is 1.28 bits per heavy atom. The van der Waals surface area contributed by atoms with Crippen molar-refractivity contribution in [2.75, 3.05) is 13.1 Å². The summed E-state index contributed by atoms with van der Waals surface area (Å²) in [5.41, 5.74) is 6.79. The van der Waals surface area contributed by atoms with Gasteiger partial charge in [0.25, 0.3) is 0 Å². The van der Waals surface area contributed by atoms with Crippen LogP contribution >= 0.6 is 0 Å². The minimum Gasteiger partial charge on any atom is -0.316 e. The Morgan fingerprint density at radius 2 is 0.894 bits per heavy atom. The van der Waals surface area contributed by atoms with Crippen LogP contribution in [0.3, 0.4) is 0 Å². The molecule has 6 aromatic carbocycles. The third-order valence-corrected chi connectivity index (χ3v) is 9.87. The van der Waals surface area contributed by atoms with Gasteiger partial charge < -0.3 is 4.48 Å². The Kier molecular flexibility index (Phi) is 8.36. The molecule has 1 aliphatic heterocycles. The number of rotatable bonds is 8. The van der Waals surface area contributed by atoms with E-state index in [-0.39, 0.29) is 0 Å². The van der Waals surface area contributed by atoms with Gasteiger partial charge in [-0.3, -0.25) is 0 Å².